The van der Waals surface area contributed by atoms with Crippen LogP contribution in [0, 0.1) is 0 Å². The van der Waals surface area contributed by atoms with Crippen LogP contribution < -0.4 is 5.56 Å². The molecule has 0 atom stereocenters. The molecular weight excluding hydrogens is 234 g/mol. The van der Waals surface area contributed by atoms with E-state index < -0.39 is 5.97 Å². The minimum absolute atomic E-state index is 0.228. The minimum Gasteiger partial charge on any atom is -0.464 e. The van der Waals surface area contributed by atoms with Crippen LogP contribution in [-0.2, 0) is 18.3 Å². The molecule has 0 fully saturated rings. The van der Waals surface area contributed by atoms with Crippen molar-refractivity contribution < 1.29 is 9.53 Å². The first-order valence-electron chi connectivity index (χ1n) is 5.38. The van der Waals surface area contributed by atoms with E-state index in [0.717, 1.165) is 0 Å². The van der Waals surface area contributed by atoms with E-state index in [4.69, 9.17) is 0 Å². The highest BCUT2D eigenvalue weighted by atomic mass is 16.5. The molecule has 2 aromatic heterocycles. The summed E-state index contributed by atoms with van der Waals surface area (Å²) in [6, 6.07) is 4.98. The summed E-state index contributed by atoms with van der Waals surface area (Å²) in [4.78, 5) is 23.5. The molecule has 0 aliphatic heterocycles. The summed E-state index contributed by atoms with van der Waals surface area (Å²) in [6.07, 6.45) is 3.42. The molecule has 6 heteroatoms. The predicted octanol–water partition coefficient (Wildman–Crippen LogP) is 0.417. The Morgan fingerprint density at radius 1 is 1.44 bits per heavy atom. The molecule has 2 heterocycles. The van der Waals surface area contributed by atoms with E-state index in [9.17, 15) is 9.59 Å². The zero-order valence-corrected chi connectivity index (χ0v) is 10.2. The standard InChI is InChI=1S/C12H13N3O3/c1-14-10(12(17)18-2)5-4-9(11(14)16)8-15-7-3-6-13-15/h3-7H,8H2,1-2H3. The van der Waals surface area contributed by atoms with Crippen molar-refractivity contribution in [3.05, 3.63) is 52.2 Å². The fraction of sp³-hybridized carbons (Fsp3) is 0.250. The lowest BCUT2D eigenvalue weighted by atomic mass is 10.2. The van der Waals surface area contributed by atoms with Crippen LogP contribution in [0.2, 0.25) is 0 Å². The van der Waals surface area contributed by atoms with Gasteiger partial charge in [0.25, 0.3) is 5.56 Å². The second-order valence-corrected chi connectivity index (χ2v) is 3.80. The number of pyridine rings is 1. The van der Waals surface area contributed by atoms with Crippen LogP contribution in [0.5, 0.6) is 0 Å². The molecule has 0 aliphatic rings. The number of aromatic nitrogens is 3. The van der Waals surface area contributed by atoms with Crippen molar-refractivity contribution in [2.75, 3.05) is 7.11 Å². The molecule has 94 valence electrons. The molecule has 0 unspecified atom stereocenters. The number of rotatable bonds is 3. The lowest BCUT2D eigenvalue weighted by Gasteiger charge is -2.08. The molecule has 0 amide bonds. The summed E-state index contributed by atoms with van der Waals surface area (Å²) in [7, 11) is 2.83. The van der Waals surface area contributed by atoms with Gasteiger partial charge in [-0.3, -0.25) is 9.48 Å². The van der Waals surface area contributed by atoms with Gasteiger partial charge < -0.3 is 9.30 Å². The quantitative estimate of drug-likeness (QED) is 0.737. The van der Waals surface area contributed by atoms with Gasteiger partial charge in [-0.15, -0.1) is 0 Å². The number of hydrogen-bond donors (Lipinski definition) is 0. The SMILES string of the molecule is COC(=O)c1ccc(Cn2cccn2)c(=O)n1C. The largest absolute Gasteiger partial charge is 0.464 e. The van der Waals surface area contributed by atoms with Crippen LogP contribution in [-0.4, -0.2) is 27.4 Å². The summed E-state index contributed by atoms with van der Waals surface area (Å²) in [5, 5.41) is 4.03. The van der Waals surface area contributed by atoms with E-state index in [2.05, 4.69) is 9.84 Å². The maximum atomic E-state index is 12.1. The van der Waals surface area contributed by atoms with Gasteiger partial charge in [0.15, 0.2) is 0 Å². The highest BCUT2D eigenvalue weighted by Gasteiger charge is 2.12. The number of carbonyl (C=O) groups excluding carboxylic acids is 1. The van der Waals surface area contributed by atoms with E-state index in [1.807, 2.05) is 0 Å². The van der Waals surface area contributed by atoms with Crippen LogP contribution in [0.1, 0.15) is 16.1 Å². The Bertz CT molecular complexity index is 614. The minimum atomic E-state index is -0.528. The fourth-order valence-electron chi connectivity index (χ4n) is 1.69. The Labute approximate surface area is 103 Å². The zero-order chi connectivity index (χ0) is 13.1. The highest BCUT2D eigenvalue weighted by molar-refractivity contribution is 5.87. The number of methoxy groups -OCH3 is 1. The van der Waals surface area contributed by atoms with Crippen molar-refractivity contribution in [2.45, 2.75) is 6.54 Å². The van der Waals surface area contributed by atoms with Gasteiger partial charge in [-0.1, -0.05) is 0 Å². The van der Waals surface area contributed by atoms with Crippen molar-refractivity contribution in [3.63, 3.8) is 0 Å². The second kappa shape index (κ2) is 4.87. The smallest absolute Gasteiger partial charge is 0.354 e. The van der Waals surface area contributed by atoms with Crippen molar-refractivity contribution in [1.29, 1.82) is 0 Å². The molecule has 0 aromatic carbocycles. The molecule has 0 radical (unpaired) electrons. The van der Waals surface area contributed by atoms with Crippen molar-refractivity contribution >= 4 is 5.97 Å². The van der Waals surface area contributed by atoms with E-state index in [-0.39, 0.29) is 11.3 Å². The topological polar surface area (TPSA) is 66.1 Å². The third-order valence-corrected chi connectivity index (χ3v) is 2.67. The van der Waals surface area contributed by atoms with Crippen molar-refractivity contribution in [1.82, 2.24) is 14.3 Å². The van der Waals surface area contributed by atoms with Crippen molar-refractivity contribution in [3.8, 4) is 0 Å². The summed E-state index contributed by atoms with van der Waals surface area (Å²) in [5.41, 5.74) is 0.564. The number of hydrogen-bond acceptors (Lipinski definition) is 4. The fourth-order valence-corrected chi connectivity index (χ4v) is 1.69. The first-order valence-corrected chi connectivity index (χ1v) is 5.38. The Balaban J connectivity index is 2.38. The Kier molecular flexibility index (Phi) is 3.27. The second-order valence-electron chi connectivity index (χ2n) is 3.80. The summed E-state index contributed by atoms with van der Waals surface area (Å²) >= 11 is 0. The third kappa shape index (κ3) is 2.17. The number of ether oxygens (including phenoxy) is 1. The van der Waals surface area contributed by atoms with Gasteiger partial charge in [-0.2, -0.15) is 5.10 Å². The third-order valence-electron chi connectivity index (χ3n) is 2.67. The average molecular weight is 247 g/mol. The molecule has 2 rings (SSSR count). The van der Waals surface area contributed by atoms with Gasteiger partial charge in [-0.05, 0) is 18.2 Å². The molecular formula is C12H13N3O3. The number of esters is 1. The predicted molar refractivity (Wildman–Crippen MR) is 64.4 cm³/mol. The van der Waals surface area contributed by atoms with Crippen LogP contribution in [0.3, 0.4) is 0 Å². The summed E-state index contributed by atoms with van der Waals surface area (Å²) in [5.74, 6) is -0.528. The molecule has 2 aromatic rings. The molecule has 0 saturated carbocycles. The molecule has 18 heavy (non-hydrogen) atoms. The van der Waals surface area contributed by atoms with E-state index in [1.165, 1.54) is 11.7 Å². The van der Waals surface area contributed by atoms with E-state index in [1.54, 1.807) is 42.3 Å². The molecule has 0 spiro atoms. The summed E-state index contributed by atoms with van der Waals surface area (Å²) in [6.45, 7) is 0.376. The van der Waals surface area contributed by atoms with Crippen LogP contribution in [0.25, 0.3) is 0 Å². The van der Waals surface area contributed by atoms with Gasteiger partial charge in [0, 0.05) is 25.0 Å². The van der Waals surface area contributed by atoms with Crippen molar-refractivity contribution in [2.24, 2.45) is 7.05 Å². The molecule has 6 nitrogen and oxygen atoms in total. The van der Waals surface area contributed by atoms with Gasteiger partial charge in [0.1, 0.15) is 5.69 Å². The Morgan fingerprint density at radius 3 is 2.83 bits per heavy atom. The van der Waals surface area contributed by atoms with Crippen LogP contribution in [0.4, 0.5) is 0 Å². The number of carbonyl (C=O) groups is 1. The zero-order valence-electron chi connectivity index (χ0n) is 10.2. The molecule has 0 aliphatic carbocycles. The molecule has 0 saturated heterocycles. The lowest BCUT2D eigenvalue weighted by molar-refractivity contribution is 0.0588. The van der Waals surface area contributed by atoms with Gasteiger partial charge in [0.2, 0.25) is 0 Å². The maximum absolute atomic E-state index is 12.1. The number of nitrogens with zero attached hydrogens (tertiary/aromatic N) is 3. The summed E-state index contributed by atoms with van der Waals surface area (Å²) < 4.78 is 7.53. The van der Waals surface area contributed by atoms with Gasteiger partial charge in [-0.25, -0.2) is 4.79 Å². The monoisotopic (exact) mass is 247 g/mol. The van der Waals surface area contributed by atoms with Crippen LogP contribution in [0.15, 0.2) is 35.4 Å². The molecule has 0 N–H and O–H groups in total. The Hall–Kier alpha value is -2.37. The van der Waals surface area contributed by atoms with E-state index >= 15 is 0 Å². The van der Waals surface area contributed by atoms with E-state index in [0.29, 0.717) is 12.1 Å². The average Bonchev–Trinajstić information content (AvgIpc) is 2.87. The molecule has 0 bridgehead atoms. The first kappa shape index (κ1) is 12.1. The maximum Gasteiger partial charge on any atom is 0.354 e. The van der Waals surface area contributed by atoms with Crippen LogP contribution >= 0.6 is 0 Å². The Morgan fingerprint density at radius 2 is 2.22 bits per heavy atom. The normalized spacial score (nSPS) is 10.3. The lowest BCUT2D eigenvalue weighted by Crippen LogP contribution is -2.27. The first-order chi connectivity index (χ1) is 8.63. The highest BCUT2D eigenvalue weighted by Crippen LogP contribution is 2.02. The van der Waals surface area contributed by atoms with Gasteiger partial charge in [0.05, 0.1) is 13.7 Å². The van der Waals surface area contributed by atoms with Gasteiger partial charge >= 0.3 is 5.97 Å².